The maximum absolute atomic E-state index is 11.4. The summed E-state index contributed by atoms with van der Waals surface area (Å²) in [6, 6.07) is -0.628. The van der Waals surface area contributed by atoms with Crippen molar-refractivity contribution < 1.29 is 19.1 Å². The van der Waals surface area contributed by atoms with E-state index in [1.807, 2.05) is 0 Å². The molecule has 1 saturated heterocycles. The molecule has 1 aliphatic heterocycles. The lowest BCUT2D eigenvalue weighted by Crippen LogP contribution is -2.74. The molecule has 0 bridgehead atoms. The van der Waals surface area contributed by atoms with Gasteiger partial charge in [-0.1, -0.05) is 0 Å². The molecule has 0 aromatic rings. The molecule has 2 aliphatic rings. The van der Waals surface area contributed by atoms with Gasteiger partial charge in [0.25, 0.3) is 0 Å². The van der Waals surface area contributed by atoms with Crippen LogP contribution in [0.15, 0.2) is 0 Å². The zero-order valence-corrected chi connectivity index (χ0v) is 7.62. The Morgan fingerprint density at radius 2 is 2.29 bits per heavy atom. The summed E-state index contributed by atoms with van der Waals surface area (Å²) in [6.07, 6.45) is 1.06. The molecule has 1 heterocycles. The van der Waals surface area contributed by atoms with E-state index in [2.05, 4.69) is 15.4 Å². The van der Waals surface area contributed by atoms with E-state index in [0.717, 1.165) is 0 Å². The summed E-state index contributed by atoms with van der Waals surface area (Å²) < 4.78 is 4.58. The number of imide groups is 1. The van der Waals surface area contributed by atoms with E-state index in [1.165, 1.54) is 7.11 Å². The number of carbonyl (C=O) groups is 3. The fraction of sp³-hybridized carbons (Fsp3) is 0.625. The number of hydrogen-bond donors (Lipinski definition) is 2. The molecule has 2 rings (SSSR count). The molecule has 3 amide bonds. The third kappa shape index (κ3) is 0.934. The van der Waals surface area contributed by atoms with Crippen molar-refractivity contribution >= 4 is 17.9 Å². The van der Waals surface area contributed by atoms with Crippen molar-refractivity contribution in [3.63, 3.8) is 0 Å². The summed E-state index contributed by atoms with van der Waals surface area (Å²) in [6.45, 7) is 0. The van der Waals surface area contributed by atoms with Crippen LogP contribution in [0.5, 0.6) is 0 Å². The Hall–Kier alpha value is -1.59. The van der Waals surface area contributed by atoms with Gasteiger partial charge in [0.15, 0.2) is 5.54 Å². The fourth-order valence-electron chi connectivity index (χ4n) is 1.99. The van der Waals surface area contributed by atoms with E-state index in [0.29, 0.717) is 12.8 Å². The van der Waals surface area contributed by atoms with E-state index in [4.69, 9.17) is 0 Å². The molecule has 14 heavy (non-hydrogen) atoms. The van der Waals surface area contributed by atoms with Crippen molar-refractivity contribution in [1.29, 1.82) is 0 Å². The van der Waals surface area contributed by atoms with Crippen LogP contribution in [-0.4, -0.2) is 30.6 Å². The topological polar surface area (TPSA) is 84.5 Å². The third-order valence-corrected chi connectivity index (χ3v) is 2.86. The van der Waals surface area contributed by atoms with E-state index >= 15 is 0 Å². The molecule has 6 nitrogen and oxygen atoms in total. The highest BCUT2D eigenvalue weighted by molar-refractivity contribution is 6.06. The summed E-state index contributed by atoms with van der Waals surface area (Å²) in [5.74, 6) is -1.42. The van der Waals surface area contributed by atoms with Crippen molar-refractivity contribution in [2.24, 2.45) is 5.92 Å². The van der Waals surface area contributed by atoms with Crippen molar-refractivity contribution in [3.05, 3.63) is 0 Å². The van der Waals surface area contributed by atoms with Gasteiger partial charge in [-0.15, -0.1) is 0 Å². The zero-order chi connectivity index (χ0) is 10.3. The van der Waals surface area contributed by atoms with E-state index in [1.54, 1.807) is 0 Å². The second kappa shape index (κ2) is 2.70. The van der Waals surface area contributed by atoms with Gasteiger partial charge in [0.2, 0.25) is 5.91 Å². The van der Waals surface area contributed by atoms with Gasteiger partial charge in [0.05, 0.1) is 13.0 Å². The van der Waals surface area contributed by atoms with Crippen molar-refractivity contribution in [2.45, 2.75) is 18.4 Å². The number of carbonyl (C=O) groups excluding carboxylic acids is 3. The maximum atomic E-state index is 11.4. The first-order valence-corrected chi connectivity index (χ1v) is 4.31. The van der Waals surface area contributed by atoms with Crippen LogP contribution >= 0.6 is 0 Å². The number of methoxy groups -OCH3 is 1. The van der Waals surface area contributed by atoms with Crippen LogP contribution in [-0.2, 0) is 14.3 Å². The Morgan fingerprint density at radius 3 is 2.79 bits per heavy atom. The Kier molecular flexibility index (Phi) is 1.73. The molecule has 0 aromatic carbocycles. The average molecular weight is 198 g/mol. The number of nitrogens with one attached hydrogen (secondary N) is 2. The monoisotopic (exact) mass is 198 g/mol. The second-order valence-corrected chi connectivity index (χ2v) is 3.50. The maximum Gasteiger partial charge on any atom is 0.332 e. The van der Waals surface area contributed by atoms with Crippen LogP contribution in [0.4, 0.5) is 4.79 Å². The Morgan fingerprint density at radius 1 is 1.57 bits per heavy atom. The van der Waals surface area contributed by atoms with E-state index in [-0.39, 0.29) is 0 Å². The minimum atomic E-state index is -1.10. The highest BCUT2D eigenvalue weighted by Gasteiger charge is 2.60. The van der Waals surface area contributed by atoms with Gasteiger partial charge in [0, 0.05) is 0 Å². The minimum absolute atomic E-state index is 0.398. The predicted molar refractivity (Wildman–Crippen MR) is 44.1 cm³/mol. The highest BCUT2D eigenvalue weighted by atomic mass is 16.5. The fourth-order valence-corrected chi connectivity index (χ4v) is 1.99. The van der Waals surface area contributed by atoms with E-state index < -0.39 is 29.4 Å². The molecular formula is C8H10N2O4. The Labute approximate surface area is 80.0 Å². The second-order valence-electron chi connectivity index (χ2n) is 3.50. The number of urea groups is 1. The van der Waals surface area contributed by atoms with Gasteiger partial charge in [-0.05, 0) is 12.8 Å². The summed E-state index contributed by atoms with van der Waals surface area (Å²) >= 11 is 0. The van der Waals surface area contributed by atoms with Gasteiger partial charge in [-0.3, -0.25) is 10.1 Å². The van der Waals surface area contributed by atoms with Crippen LogP contribution in [0.3, 0.4) is 0 Å². The molecule has 0 radical (unpaired) electrons. The number of fused-ring (bicyclic) bond motifs is 1. The molecule has 2 unspecified atom stereocenters. The average Bonchev–Trinajstić information content (AvgIpc) is 2.08. The molecule has 76 valence electrons. The van der Waals surface area contributed by atoms with Crippen LogP contribution in [0.25, 0.3) is 0 Å². The van der Waals surface area contributed by atoms with Gasteiger partial charge in [0.1, 0.15) is 0 Å². The number of esters is 1. The smallest absolute Gasteiger partial charge is 0.332 e. The first-order chi connectivity index (χ1) is 6.60. The molecule has 6 heteroatoms. The molecule has 2 N–H and O–H groups in total. The summed E-state index contributed by atoms with van der Waals surface area (Å²) in [7, 11) is 1.24. The minimum Gasteiger partial charge on any atom is -0.467 e. The van der Waals surface area contributed by atoms with Crippen LogP contribution in [0.2, 0.25) is 0 Å². The Bertz CT molecular complexity index is 327. The van der Waals surface area contributed by atoms with E-state index in [9.17, 15) is 14.4 Å². The third-order valence-electron chi connectivity index (χ3n) is 2.86. The highest BCUT2D eigenvalue weighted by Crippen LogP contribution is 2.41. The summed E-state index contributed by atoms with van der Waals surface area (Å²) in [5.41, 5.74) is -1.10. The summed E-state index contributed by atoms with van der Waals surface area (Å²) in [5, 5.41) is 4.58. The van der Waals surface area contributed by atoms with Crippen molar-refractivity contribution in [2.75, 3.05) is 7.11 Å². The van der Waals surface area contributed by atoms with Gasteiger partial charge < -0.3 is 10.1 Å². The molecule has 2 atom stereocenters. The zero-order valence-electron chi connectivity index (χ0n) is 7.62. The number of ether oxygens (including phenoxy) is 1. The largest absolute Gasteiger partial charge is 0.467 e. The number of rotatable bonds is 1. The van der Waals surface area contributed by atoms with Crippen LogP contribution in [0.1, 0.15) is 12.8 Å². The molecular weight excluding hydrogens is 188 g/mol. The molecule has 0 spiro atoms. The molecule has 1 aliphatic carbocycles. The lowest BCUT2D eigenvalue weighted by molar-refractivity contribution is -0.162. The lowest BCUT2D eigenvalue weighted by Gasteiger charge is -2.48. The van der Waals surface area contributed by atoms with Crippen LogP contribution in [0, 0.1) is 5.92 Å². The molecule has 2 fully saturated rings. The normalized spacial score (nSPS) is 34.8. The first-order valence-electron chi connectivity index (χ1n) is 4.31. The summed E-state index contributed by atoms with van der Waals surface area (Å²) in [4.78, 5) is 33.8. The van der Waals surface area contributed by atoms with Gasteiger partial charge >= 0.3 is 12.0 Å². The molecule has 1 saturated carbocycles. The van der Waals surface area contributed by atoms with Gasteiger partial charge in [-0.25, -0.2) is 9.59 Å². The van der Waals surface area contributed by atoms with Crippen molar-refractivity contribution in [3.8, 4) is 0 Å². The first kappa shape index (κ1) is 8.98. The van der Waals surface area contributed by atoms with Crippen LogP contribution < -0.4 is 10.6 Å². The lowest BCUT2D eigenvalue weighted by atomic mass is 9.65. The number of hydrogen-bond acceptors (Lipinski definition) is 4. The van der Waals surface area contributed by atoms with Crippen molar-refractivity contribution in [1.82, 2.24) is 10.6 Å². The standard InChI is InChI=1S/C8H10N2O4/c1-14-6(12)8-3-2-4(8)5(11)9-7(13)10-8/h4H,2-3H2,1H3,(H2,9,10,11,13). The SMILES string of the molecule is COC(=O)C12CCC1C(=O)NC(=O)N2. The Balaban J connectivity index is 2.29. The quantitative estimate of drug-likeness (QED) is 0.537. The van der Waals surface area contributed by atoms with Gasteiger partial charge in [-0.2, -0.15) is 0 Å². The number of amides is 3. The predicted octanol–water partition coefficient (Wildman–Crippen LogP) is -0.852. The molecule has 0 aromatic heterocycles.